The molecule has 2 saturated carbocycles. The first-order valence-corrected chi connectivity index (χ1v) is 17.6. The van der Waals surface area contributed by atoms with E-state index in [0.717, 1.165) is 42.7 Å². The molecule has 0 aromatic heterocycles. The molecule has 226 valence electrons. The standard InChI is InChI=1S/C37H37ClN2O3S/c1-20-3-5-21(6-4-20)32-31-18-44-19-40(31)37(28-16-23(38)8-12-30(28)39-34(37)43)36(32)17-29-27-10-7-22-15-24(41)9-11-25(22)26(27)13-14-35(29,2)33(36)42/h3-6,8-9,11-12,15-16,26-27,29,31-32,41H,7,10,13-14,17-19H2,1-2H3,(H,39,43)/t26-,27-,29+,31?,32+,35+,36+,37-/m1/s1. The molecule has 7 heteroatoms. The SMILES string of the molecule is Cc1ccc([C@H]2C3CSCN3[C@]3(C(=O)Nc4ccc(Cl)cc43)[C@@]23C[C@H]2[C@@H]4CCc5cc(O)ccc5[C@H]4CC[C@]2(C)C3=O)cc1. The van der Waals surface area contributed by atoms with Crippen LogP contribution in [0.25, 0.3) is 0 Å². The molecule has 6 aliphatic rings. The number of nitrogens with zero attached hydrogens (tertiary/aromatic N) is 1. The van der Waals surface area contributed by atoms with E-state index < -0.39 is 16.4 Å². The molecule has 4 fully saturated rings. The summed E-state index contributed by atoms with van der Waals surface area (Å²) in [6.45, 7) is 4.34. The molecule has 1 amide bonds. The van der Waals surface area contributed by atoms with Crippen molar-refractivity contribution < 1.29 is 14.7 Å². The van der Waals surface area contributed by atoms with Crippen LogP contribution in [0.4, 0.5) is 5.69 Å². The van der Waals surface area contributed by atoms with Crippen LogP contribution in [0.3, 0.4) is 0 Å². The number of aryl methyl sites for hydroxylation is 2. The van der Waals surface area contributed by atoms with Gasteiger partial charge in [0.15, 0.2) is 0 Å². The third-order valence-electron chi connectivity index (χ3n) is 12.9. The van der Waals surface area contributed by atoms with Crippen molar-refractivity contribution in [2.75, 3.05) is 16.9 Å². The number of thioether (sulfide) groups is 1. The molecule has 2 N–H and O–H groups in total. The van der Waals surface area contributed by atoms with Crippen molar-refractivity contribution in [1.29, 1.82) is 0 Å². The number of fused-ring (bicyclic) bond motifs is 10. The van der Waals surface area contributed by atoms with E-state index in [9.17, 15) is 9.90 Å². The van der Waals surface area contributed by atoms with Crippen molar-refractivity contribution in [3.05, 3.63) is 93.5 Å². The Morgan fingerprint density at radius 1 is 1.05 bits per heavy atom. The van der Waals surface area contributed by atoms with Crippen LogP contribution in [0.5, 0.6) is 5.75 Å². The third-order valence-corrected chi connectivity index (χ3v) is 14.1. The van der Waals surface area contributed by atoms with E-state index >= 15 is 4.79 Å². The van der Waals surface area contributed by atoms with Crippen LogP contribution in [-0.4, -0.2) is 39.4 Å². The maximum absolute atomic E-state index is 15.9. The first-order valence-electron chi connectivity index (χ1n) is 16.1. The van der Waals surface area contributed by atoms with E-state index in [1.165, 1.54) is 22.3 Å². The van der Waals surface area contributed by atoms with Crippen LogP contribution in [0.15, 0.2) is 60.7 Å². The highest BCUT2D eigenvalue weighted by Gasteiger charge is 2.82. The molecular weight excluding hydrogens is 588 g/mol. The molecule has 2 saturated heterocycles. The van der Waals surface area contributed by atoms with E-state index in [4.69, 9.17) is 11.6 Å². The maximum Gasteiger partial charge on any atom is 0.250 e. The average molecular weight is 625 g/mol. The Kier molecular flexibility index (Phi) is 5.72. The van der Waals surface area contributed by atoms with Gasteiger partial charge in [0.25, 0.3) is 5.91 Å². The number of Topliss-reactive ketones (excluding diaryl/α,β-unsaturated/α-hetero) is 1. The molecule has 3 aromatic rings. The Morgan fingerprint density at radius 2 is 1.86 bits per heavy atom. The van der Waals surface area contributed by atoms with Crippen molar-refractivity contribution in [2.24, 2.45) is 22.7 Å². The largest absolute Gasteiger partial charge is 0.508 e. The summed E-state index contributed by atoms with van der Waals surface area (Å²) in [5.74, 6) is 2.96. The second-order valence-electron chi connectivity index (χ2n) is 14.5. The van der Waals surface area contributed by atoms with Gasteiger partial charge in [0.1, 0.15) is 17.1 Å². The van der Waals surface area contributed by atoms with Crippen molar-refractivity contribution in [3.63, 3.8) is 0 Å². The summed E-state index contributed by atoms with van der Waals surface area (Å²) in [7, 11) is 0. The van der Waals surface area contributed by atoms with Crippen molar-refractivity contribution in [1.82, 2.24) is 4.90 Å². The highest BCUT2D eigenvalue weighted by molar-refractivity contribution is 7.99. The first-order chi connectivity index (χ1) is 21.2. The summed E-state index contributed by atoms with van der Waals surface area (Å²) in [6.07, 6.45) is 4.39. The fraction of sp³-hybridized carbons (Fsp3) is 0.459. The molecule has 9 rings (SSSR count). The van der Waals surface area contributed by atoms with Gasteiger partial charge in [-0.05, 0) is 104 Å². The van der Waals surface area contributed by atoms with Gasteiger partial charge >= 0.3 is 0 Å². The fourth-order valence-corrected chi connectivity index (χ4v) is 12.7. The molecule has 3 aliphatic heterocycles. The lowest BCUT2D eigenvalue weighted by Gasteiger charge is -2.48. The quantitative estimate of drug-likeness (QED) is 0.295. The molecule has 3 aromatic carbocycles. The summed E-state index contributed by atoms with van der Waals surface area (Å²) in [6, 6.07) is 20.5. The topological polar surface area (TPSA) is 69.6 Å². The Balaban J connectivity index is 1.29. The van der Waals surface area contributed by atoms with Crippen molar-refractivity contribution in [3.8, 4) is 5.75 Å². The number of hydrogen-bond donors (Lipinski definition) is 2. The van der Waals surface area contributed by atoms with Gasteiger partial charge in [0.2, 0.25) is 0 Å². The smallest absolute Gasteiger partial charge is 0.250 e. The number of hydrogen-bond acceptors (Lipinski definition) is 5. The van der Waals surface area contributed by atoms with Crippen LogP contribution in [0.1, 0.15) is 72.3 Å². The molecule has 3 heterocycles. The van der Waals surface area contributed by atoms with E-state index in [-0.39, 0.29) is 29.6 Å². The Labute approximate surface area is 267 Å². The van der Waals surface area contributed by atoms with Crippen LogP contribution in [0.2, 0.25) is 5.02 Å². The number of anilines is 1. The number of phenolic OH excluding ortho intramolecular Hbond substituents is 1. The fourth-order valence-electron chi connectivity index (χ4n) is 11.2. The molecule has 5 nitrogen and oxygen atoms in total. The lowest BCUT2D eigenvalue weighted by atomic mass is 9.55. The second kappa shape index (κ2) is 9.14. The molecule has 2 spiro atoms. The van der Waals surface area contributed by atoms with Gasteiger partial charge in [0, 0.05) is 45.3 Å². The minimum atomic E-state index is -1.11. The predicted molar refractivity (Wildman–Crippen MR) is 174 cm³/mol. The maximum atomic E-state index is 15.9. The Bertz CT molecular complexity index is 1760. The number of carbonyl (C=O) groups is 2. The zero-order valence-corrected chi connectivity index (χ0v) is 26.7. The number of benzene rings is 3. The van der Waals surface area contributed by atoms with Gasteiger partial charge in [-0.1, -0.05) is 54.4 Å². The number of nitrogens with one attached hydrogen (secondary N) is 1. The molecule has 8 atom stereocenters. The number of amides is 1. The number of halogens is 1. The zero-order chi connectivity index (χ0) is 30.2. The Hall–Kier alpha value is -2.80. The highest BCUT2D eigenvalue weighted by atomic mass is 35.5. The van der Waals surface area contributed by atoms with Crippen LogP contribution < -0.4 is 5.32 Å². The lowest BCUT2D eigenvalue weighted by Crippen LogP contribution is -2.59. The van der Waals surface area contributed by atoms with Crippen LogP contribution in [-0.2, 0) is 21.5 Å². The normalized spacial score (nSPS) is 38.4. The first kappa shape index (κ1) is 27.5. The third kappa shape index (κ3) is 3.18. The van der Waals surface area contributed by atoms with Gasteiger partial charge in [-0.2, -0.15) is 0 Å². The van der Waals surface area contributed by atoms with Gasteiger partial charge < -0.3 is 10.4 Å². The molecule has 1 unspecified atom stereocenters. The van der Waals surface area contributed by atoms with Crippen molar-refractivity contribution in [2.45, 2.75) is 69.4 Å². The molecular formula is C37H37ClN2O3S. The monoisotopic (exact) mass is 624 g/mol. The van der Waals surface area contributed by atoms with E-state index in [1.54, 1.807) is 0 Å². The highest BCUT2D eigenvalue weighted by Crippen LogP contribution is 2.76. The zero-order valence-electron chi connectivity index (χ0n) is 25.1. The summed E-state index contributed by atoms with van der Waals surface area (Å²) >= 11 is 8.58. The van der Waals surface area contributed by atoms with E-state index in [2.05, 4.69) is 54.4 Å². The van der Waals surface area contributed by atoms with Crippen LogP contribution >= 0.6 is 23.4 Å². The molecule has 3 aliphatic carbocycles. The van der Waals surface area contributed by atoms with Crippen molar-refractivity contribution >= 4 is 40.7 Å². The summed E-state index contributed by atoms with van der Waals surface area (Å²) in [5, 5.41) is 14.1. The van der Waals surface area contributed by atoms with Gasteiger partial charge in [0.05, 0.1) is 5.41 Å². The molecule has 0 radical (unpaired) electrons. The number of carbonyl (C=O) groups excluding carboxylic acids is 2. The lowest BCUT2D eigenvalue weighted by molar-refractivity contribution is -0.147. The molecule has 44 heavy (non-hydrogen) atoms. The number of ketones is 1. The van der Waals surface area contributed by atoms with E-state index in [0.29, 0.717) is 34.9 Å². The number of rotatable bonds is 1. The number of phenols is 1. The van der Waals surface area contributed by atoms with E-state index in [1.807, 2.05) is 42.1 Å². The summed E-state index contributed by atoms with van der Waals surface area (Å²) < 4.78 is 0. The second-order valence-corrected chi connectivity index (χ2v) is 16.0. The minimum Gasteiger partial charge on any atom is -0.508 e. The molecule has 0 bridgehead atoms. The number of aromatic hydroxyl groups is 1. The van der Waals surface area contributed by atoms with Gasteiger partial charge in [-0.3, -0.25) is 14.5 Å². The minimum absolute atomic E-state index is 0.0616. The van der Waals surface area contributed by atoms with Crippen LogP contribution in [0, 0.1) is 29.6 Å². The summed E-state index contributed by atoms with van der Waals surface area (Å²) in [5.41, 5.74) is 4.09. The Morgan fingerprint density at radius 3 is 2.68 bits per heavy atom. The van der Waals surface area contributed by atoms with Gasteiger partial charge in [-0.25, -0.2) is 0 Å². The summed E-state index contributed by atoms with van der Waals surface area (Å²) in [4.78, 5) is 33.1. The average Bonchev–Trinajstić information content (AvgIpc) is 3.71. The predicted octanol–water partition coefficient (Wildman–Crippen LogP) is 7.40. The van der Waals surface area contributed by atoms with Gasteiger partial charge in [-0.15, -0.1) is 11.8 Å².